The highest BCUT2D eigenvalue weighted by Crippen LogP contribution is 2.40. The number of nitrogens with one attached hydrogen (secondary N) is 2. The van der Waals surface area contributed by atoms with Gasteiger partial charge >= 0.3 is 11.9 Å². The molecule has 0 aromatic heterocycles. The lowest BCUT2D eigenvalue weighted by atomic mass is 9.80. The summed E-state index contributed by atoms with van der Waals surface area (Å²) in [6.45, 7) is 9.61. The van der Waals surface area contributed by atoms with Gasteiger partial charge in [-0.2, -0.15) is 0 Å². The van der Waals surface area contributed by atoms with Crippen molar-refractivity contribution < 1.29 is 24.0 Å². The number of methoxy groups -OCH3 is 1. The van der Waals surface area contributed by atoms with Gasteiger partial charge in [-0.15, -0.1) is 12.4 Å². The quantitative estimate of drug-likeness (QED) is 0.344. The second-order valence-electron chi connectivity index (χ2n) is 8.78. The van der Waals surface area contributed by atoms with E-state index in [2.05, 4.69) is 10.6 Å². The summed E-state index contributed by atoms with van der Waals surface area (Å²) in [7, 11) is 3.04. The Balaban J connectivity index is 0.00000544. The highest BCUT2D eigenvalue weighted by molar-refractivity contribution is 5.99. The van der Waals surface area contributed by atoms with Gasteiger partial charge < -0.3 is 20.1 Å². The maximum absolute atomic E-state index is 13.3. The number of allylic oxidation sites excluding steroid dienone is 2. The molecule has 2 N–H and O–H groups in total. The van der Waals surface area contributed by atoms with Crippen molar-refractivity contribution in [2.75, 3.05) is 20.8 Å². The lowest BCUT2D eigenvalue weighted by Gasteiger charge is -2.32. The number of nitro benzene ring substituents is 1. The highest BCUT2D eigenvalue weighted by atomic mass is 35.5. The first-order valence-electron chi connectivity index (χ1n) is 10.3. The summed E-state index contributed by atoms with van der Waals surface area (Å²) in [6.07, 6.45) is 0. The van der Waals surface area contributed by atoms with Gasteiger partial charge in [0.25, 0.3) is 5.69 Å². The van der Waals surface area contributed by atoms with E-state index in [0.717, 1.165) is 0 Å². The lowest BCUT2D eigenvalue weighted by molar-refractivity contribution is -0.384. The molecule has 2 unspecified atom stereocenters. The Kier molecular flexibility index (Phi) is 9.62. The number of carbonyl (C=O) groups excluding carboxylic acids is 2. The van der Waals surface area contributed by atoms with E-state index in [9.17, 15) is 19.7 Å². The number of rotatable bonds is 7. The minimum absolute atomic E-state index is 0. The molecule has 33 heavy (non-hydrogen) atoms. The minimum Gasteiger partial charge on any atom is -0.466 e. The minimum atomic E-state index is -0.876. The van der Waals surface area contributed by atoms with Gasteiger partial charge in [0, 0.05) is 29.6 Å². The molecular weight excluding hydrogens is 450 g/mol. The van der Waals surface area contributed by atoms with Gasteiger partial charge in [-0.25, -0.2) is 9.59 Å². The van der Waals surface area contributed by atoms with Crippen LogP contribution in [0.15, 0.2) is 46.8 Å². The van der Waals surface area contributed by atoms with E-state index in [0.29, 0.717) is 17.0 Å². The van der Waals surface area contributed by atoms with Crippen molar-refractivity contribution in [3.63, 3.8) is 0 Å². The molecule has 0 aliphatic carbocycles. The normalized spacial score (nSPS) is 17.0. The Morgan fingerprint density at radius 2 is 1.76 bits per heavy atom. The summed E-state index contributed by atoms with van der Waals surface area (Å²) >= 11 is 0. The predicted octanol–water partition coefficient (Wildman–Crippen LogP) is 3.60. The van der Waals surface area contributed by atoms with E-state index in [4.69, 9.17) is 9.47 Å². The average Bonchev–Trinajstić information content (AvgIpc) is 2.72. The van der Waals surface area contributed by atoms with Gasteiger partial charge in [-0.1, -0.05) is 32.9 Å². The number of hydrogen-bond donors (Lipinski definition) is 2. The van der Waals surface area contributed by atoms with Crippen molar-refractivity contribution in [2.24, 2.45) is 5.41 Å². The molecule has 1 aliphatic rings. The number of benzene rings is 1. The number of hydrogen-bond acceptors (Lipinski definition) is 8. The SMILES string of the molecule is CNC(COC(=O)C1=C(C)NC(C)=C(C(=O)OC)C1c1cccc([N+](=O)[O-])c1)C(C)(C)C.Cl. The molecule has 10 heteroatoms. The molecule has 0 fully saturated rings. The van der Waals surface area contributed by atoms with Gasteiger partial charge in [-0.3, -0.25) is 10.1 Å². The molecule has 1 heterocycles. The number of esters is 2. The smallest absolute Gasteiger partial charge is 0.336 e. The molecule has 182 valence electrons. The number of carbonyl (C=O) groups is 2. The summed E-state index contributed by atoms with van der Waals surface area (Å²) in [5.74, 6) is -2.12. The molecule has 1 aromatic rings. The topological polar surface area (TPSA) is 120 Å². The van der Waals surface area contributed by atoms with Gasteiger partial charge in [-0.05, 0) is 31.9 Å². The van der Waals surface area contributed by atoms with E-state index in [1.807, 2.05) is 20.8 Å². The number of ether oxygens (including phenoxy) is 2. The second-order valence-corrected chi connectivity index (χ2v) is 8.78. The van der Waals surface area contributed by atoms with Crippen LogP contribution in [0.4, 0.5) is 5.69 Å². The van der Waals surface area contributed by atoms with Crippen molar-refractivity contribution in [1.29, 1.82) is 0 Å². The molecule has 0 saturated carbocycles. The summed E-state index contributed by atoms with van der Waals surface area (Å²) in [5, 5.41) is 17.5. The van der Waals surface area contributed by atoms with Crippen LogP contribution >= 0.6 is 12.4 Å². The van der Waals surface area contributed by atoms with Crippen LogP contribution in [-0.4, -0.2) is 43.7 Å². The first kappa shape index (κ1) is 28.1. The van der Waals surface area contributed by atoms with Crippen LogP contribution in [0.1, 0.15) is 46.1 Å². The van der Waals surface area contributed by atoms with Crippen LogP contribution in [-0.2, 0) is 19.1 Å². The highest BCUT2D eigenvalue weighted by Gasteiger charge is 2.38. The van der Waals surface area contributed by atoms with Crippen LogP contribution in [0.25, 0.3) is 0 Å². The third-order valence-electron chi connectivity index (χ3n) is 5.57. The molecule has 1 aliphatic heterocycles. The summed E-state index contributed by atoms with van der Waals surface area (Å²) < 4.78 is 10.6. The van der Waals surface area contributed by atoms with E-state index < -0.39 is 22.8 Å². The van der Waals surface area contributed by atoms with Crippen LogP contribution in [0.5, 0.6) is 0 Å². The van der Waals surface area contributed by atoms with Crippen molar-refractivity contribution >= 4 is 30.0 Å². The number of halogens is 1. The molecule has 9 nitrogen and oxygen atoms in total. The van der Waals surface area contributed by atoms with Crippen molar-refractivity contribution in [3.8, 4) is 0 Å². The van der Waals surface area contributed by atoms with Gasteiger partial charge in [0.05, 0.1) is 29.1 Å². The third kappa shape index (κ3) is 6.33. The maximum Gasteiger partial charge on any atom is 0.336 e. The predicted molar refractivity (Wildman–Crippen MR) is 127 cm³/mol. The number of dihydropyridines is 1. The monoisotopic (exact) mass is 481 g/mol. The average molecular weight is 482 g/mol. The number of nitrogens with zero attached hydrogens (tertiary/aromatic N) is 1. The Hall–Kier alpha value is -2.91. The van der Waals surface area contributed by atoms with E-state index in [1.54, 1.807) is 27.0 Å². The Labute approximate surface area is 200 Å². The number of likely N-dealkylation sites (N-methyl/N-ethyl adjacent to an activating group) is 1. The molecule has 0 bridgehead atoms. The maximum atomic E-state index is 13.3. The Bertz CT molecular complexity index is 981. The second kappa shape index (κ2) is 11.3. The fraction of sp³-hybridized carbons (Fsp3) is 0.478. The van der Waals surface area contributed by atoms with Crippen molar-refractivity contribution in [1.82, 2.24) is 10.6 Å². The fourth-order valence-corrected chi connectivity index (χ4v) is 3.80. The van der Waals surface area contributed by atoms with E-state index >= 15 is 0 Å². The van der Waals surface area contributed by atoms with Crippen LogP contribution in [0.2, 0.25) is 0 Å². The van der Waals surface area contributed by atoms with E-state index in [1.165, 1.54) is 25.3 Å². The van der Waals surface area contributed by atoms with Gasteiger partial charge in [0.2, 0.25) is 0 Å². The number of non-ortho nitro benzene ring substituents is 1. The standard InChI is InChI=1S/C23H31N3O6.ClH/c1-13-18(21(27)31-7)20(15-9-8-10-16(11-15)26(29)30)19(14(2)25-13)22(28)32-12-17(24-6)23(3,4)5;/h8-11,17,20,24-25H,12H2,1-7H3;1H. The molecule has 0 spiro atoms. The third-order valence-corrected chi connectivity index (χ3v) is 5.57. The molecule has 0 amide bonds. The molecule has 1 aromatic carbocycles. The molecule has 2 rings (SSSR count). The number of nitro groups is 1. The van der Waals surface area contributed by atoms with Crippen LogP contribution in [0, 0.1) is 15.5 Å². The van der Waals surface area contributed by atoms with E-state index in [-0.39, 0.29) is 47.3 Å². The molecule has 0 radical (unpaired) electrons. The van der Waals surface area contributed by atoms with Crippen LogP contribution < -0.4 is 10.6 Å². The fourth-order valence-electron chi connectivity index (χ4n) is 3.80. The largest absolute Gasteiger partial charge is 0.466 e. The van der Waals surface area contributed by atoms with Crippen LogP contribution in [0.3, 0.4) is 0 Å². The first-order chi connectivity index (χ1) is 14.9. The van der Waals surface area contributed by atoms with Gasteiger partial charge in [0.1, 0.15) is 6.61 Å². The molecule has 0 saturated heterocycles. The molecule has 2 atom stereocenters. The van der Waals surface area contributed by atoms with Crippen molar-refractivity contribution in [3.05, 3.63) is 62.5 Å². The zero-order valence-corrected chi connectivity index (χ0v) is 20.8. The van der Waals surface area contributed by atoms with Crippen molar-refractivity contribution in [2.45, 2.75) is 46.6 Å². The molecular formula is C23H32ClN3O6. The Morgan fingerprint density at radius 1 is 1.18 bits per heavy atom. The first-order valence-corrected chi connectivity index (χ1v) is 10.3. The zero-order chi connectivity index (χ0) is 24.2. The zero-order valence-electron chi connectivity index (χ0n) is 20.0. The van der Waals surface area contributed by atoms with Gasteiger partial charge in [0.15, 0.2) is 0 Å². The Morgan fingerprint density at radius 3 is 2.24 bits per heavy atom. The summed E-state index contributed by atoms with van der Waals surface area (Å²) in [5.41, 5.74) is 1.55. The summed E-state index contributed by atoms with van der Waals surface area (Å²) in [6, 6.07) is 5.78. The lowest BCUT2D eigenvalue weighted by Crippen LogP contribution is -2.43. The summed E-state index contributed by atoms with van der Waals surface area (Å²) in [4.78, 5) is 36.7.